The SMILES string of the molecule is CN1CCCCC1COc1ccc(C#N)c(C(F)(F)F)c1. The summed E-state index contributed by atoms with van der Waals surface area (Å²) in [4.78, 5) is 2.16. The lowest BCUT2D eigenvalue weighted by Gasteiger charge is -2.32. The zero-order valence-electron chi connectivity index (χ0n) is 11.8. The lowest BCUT2D eigenvalue weighted by atomic mass is 10.0. The number of benzene rings is 1. The Balaban J connectivity index is 2.09. The molecule has 114 valence electrons. The van der Waals surface area contributed by atoms with E-state index in [2.05, 4.69) is 4.90 Å². The van der Waals surface area contributed by atoms with Crippen molar-refractivity contribution < 1.29 is 17.9 Å². The smallest absolute Gasteiger partial charge is 0.417 e. The van der Waals surface area contributed by atoms with Gasteiger partial charge in [0.2, 0.25) is 0 Å². The van der Waals surface area contributed by atoms with E-state index in [9.17, 15) is 13.2 Å². The number of hydrogen-bond donors (Lipinski definition) is 0. The van der Waals surface area contributed by atoms with Crippen LogP contribution in [0.15, 0.2) is 18.2 Å². The zero-order valence-corrected chi connectivity index (χ0v) is 11.8. The number of halogens is 3. The Morgan fingerprint density at radius 2 is 2.14 bits per heavy atom. The quantitative estimate of drug-likeness (QED) is 0.857. The Labute approximate surface area is 121 Å². The molecule has 0 radical (unpaired) electrons. The summed E-state index contributed by atoms with van der Waals surface area (Å²) in [6.07, 6.45) is -1.31. The summed E-state index contributed by atoms with van der Waals surface area (Å²) in [5.41, 5.74) is -1.33. The van der Waals surface area contributed by atoms with Crippen molar-refractivity contribution in [1.29, 1.82) is 5.26 Å². The molecular weight excluding hydrogens is 281 g/mol. The lowest BCUT2D eigenvalue weighted by Crippen LogP contribution is -2.40. The molecule has 3 nitrogen and oxygen atoms in total. The summed E-state index contributed by atoms with van der Waals surface area (Å²) in [5.74, 6) is 0.153. The van der Waals surface area contributed by atoms with E-state index >= 15 is 0 Å². The van der Waals surface area contributed by atoms with E-state index in [1.165, 1.54) is 6.07 Å². The van der Waals surface area contributed by atoms with Crippen LogP contribution in [0.1, 0.15) is 30.4 Å². The maximum Gasteiger partial charge on any atom is 0.417 e. The van der Waals surface area contributed by atoms with E-state index < -0.39 is 11.7 Å². The highest BCUT2D eigenvalue weighted by Gasteiger charge is 2.34. The lowest BCUT2D eigenvalue weighted by molar-refractivity contribution is -0.137. The van der Waals surface area contributed by atoms with E-state index in [0.717, 1.165) is 37.9 Å². The molecule has 0 saturated carbocycles. The predicted octanol–water partition coefficient (Wildman–Crippen LogP) is 3.44. The summed E-state index contributed by atoms with van der Waals surface area (Å²) >= 11 is 0. The largest absolute Gasteiger partial charge is 0.492 e. The first kappa shape index (κ1) is 15.6. The number of hydrogen-bond acceptors (Lipinski definition) is 3. The minimum atomic E-state index is -4.55. The van der Waals surface area contributed by atoms with Crippen LogP contribution in [0, 0.1) is 11.3 Å². The van der Waals surface area contributed by atoms with Crippen LogP contribution in [0.25, 0.3) is 0 Å². The van der Waals surface area contributed by atoms with Crippen molar-refractivity contribution in [3.05, 3.63) is 29.3 Å². The summed E-state index contributed by atoms with van der Waals surface area (Å²) in [6, 6.07) is 5.26. The second kappa shape index (κ2) is 6.35. The number of nitrogens with zero attached hydrogens (tertiary/aromatic N) is 2. The molecule has 0 aromatic heterocycles. The number of rotatable bonds is 3. The van der Waals surface area contributed by atoms with Crippen LogP contribution in [0.5, 0.6) is 5.75 Å². The van der Waals surface area contributed by atoms with Crippen molar-refractivity contribution in [2.75, 3.05) is 20.2 Å². The molecule has 0 aliphatic carbocycles. The number of nitriles is 1. The van der Waals surface area contributed by atoms with Gasteiger partial charge in [-0.1, -0.05) is 6.42 Å². The van der Waals surface area contributed by atoms with Crippen LogP contribution >= 0.6 is 0 Å². The predicted molar refractivity (Wildman–Crippen MR) is 71.9 cm³/mol. The normalized spacial score (nSPS) is 20.0. The zero-order chi connectivity index (χ0) is 15.5. The van der Waals surface area contributed by atoms with E-state index in [1.807, 2.05) is 7.05 Å². The fraction of sp³-hybridized carbons (Fsp3) is 0.533. The van der Waals surface area contributed by atoms with Gasteiger partial charge in [0.05, 0.1) is 17.2 Å². The molecule has 1 unspecified atom stereocenters. The number of likely N-dealkylation sites (tertiary alicyclic amines) is 1. The van der Waals surface area contributed by atoms with Crippen LogP contribution in [0.2, 0.25) is 0 Å². The van der Waals surface area contributed by atoms with Gasteiger partial charge in [0.25, 0.3) is 0 Å². The molecule has 0 spiro atoms. The van der Waals surface area contributed by atoms with Gasteiger partial charge in [0, 0.05) is 6.04 Å². The summed E-state index contributed by atoms with van der Waals surface area (Å²) < 4.78 is 44.1. The van der Waals surface area contributed by atoms with Gasteiger partial charge in [-0.05, 0) is 44.6 Å². The van der Waals surface area contributed by atoms with Gasteiger partial charge in [-0.15, -0.1) is 0 Å². The third-order valence-corrected chi connectivity index (χ3v) is 3.78. The van der Waals surface area contributed by atoms with Gasteiger partial charge >= 0.3 is 6.18 Å². The Morgan fingerprint density at radius 1 is 1.38 bits per heavy atom. The molecular formula is C15H17F3N2O. The second-order valence-corrected chi connectivity index (χ2v) is 5.26. The monoisotopic (exact) mass is 298 g/mol. The second-order valence-electron chi connectivity index (χ2n) is 5.26. The van der Waals surface area contributed by atoms with E-state index in [1.54, 1.807) is 6.07 Å². The Bertz CT molecular complexity index is 537. The highest BCUT2D eigenvalue weighted by Crippen LogP contribution is 2.34. The Hall–Kier alpha value is -1.74. The fourth-order valence-electron chi connectivity index (χ4n) is 2.49. The minimum absolute atomic E-state index is 0.153. The minimum Gasteiger partial charge on any atom is -0.492 e. The molecule has 1 heterocycles. The van der Waals surface area contributed by atoms with Crippen LogP contribution in [0.3, 0.4) is 0 Å². The molecule has 1 aliphatic rings. The molecule has 1 saturated heterocycles. The van der Waals surface area contributed by atoms with Crippen molar-refractivity contribution in [3.63, 3.8) is 0 Å². The first-order valence-electron chi connectivity index (χ1n) is 6.86. The van der Waals surface area contributed by atoms with Crippen molar-refractivity contribution >= 4 is 0 Å². The molecule has 21 heavy (non-hydrogen) atoms. The molecule has 1 aliphatic heterocycles. The van der Waals surface area contributed by atoms with Crippen molar-refractivity contribution in [2.45, 2.75) is 31.5 Å². The molecule has 1 aromatic rings. The number of piperidine rings is 1. The highest BCUT2D eigenvalue weighted by atomic mass is 19.4. The van der Waals surface area contributed by atoms with Crippen LogP contribution < -0.4 is 4.74 Å². The average Bonchev–Trinajstić information content (AvgIpc) is 2.45. The Kier molecular flexibility index (Phi) is 4.73. The maximum atomic E-state index is 12.9. The van der Waals surface area contributed by atoms with E-state index in [4.69, 9.17) is 10.00 Å². The van der Waals surface area contributed by atoms with Gasteiger partial charge in [-0.2, -0.15) is 18.4 Å². The molecule has 1 aromatic carbocycles. The van der Waals surface area contributed by atoms with Crippen LogP contribution in [-0.2, 0) is 6.18 Å². The van der Waals surface area contributed by atoms with Gasteiger partial charge in [0.1, 0.15) is 12.4 Å². The topological polar surface area (TPSA) is 36.3 Å². The van der Waals surface area contributed by atoms with E-state index in [0.29, 0.717) is 6.61 Å². The van der Waals surface area contributed by atoms with Crippen molar-refractivity contribution in [3.8, 4) is 11.8 Å². The van der Waals surface area contributed by atoms with Gasteiger partial charge < -0.3 is 9.64 Å². The number of ether oxygens (including phenoxy) is 1. The first-order valence-corrected chi connectivity index (χ1v) is 6.86. The summed E-state index contributed by atoms with van der Waals surface area (Å²) in [5, 5.41) is 8.74. The molecule has 0 N–H and O–H groups in total. The van der Waals surface area contributed by atoms with Gasteiger partial charge in [-0.3, -0.25) is 0 Å². The number of alkyl halides is 3. The fourth-order valence-corrected chi connectivity index (χ4v) is 2.49. The van der Waals surface area contributed by atoms with Gasteiger partial charge in [0.15, 0.2) is 0 Å². The third kappa shape index (κ3) is 3.88. The molecule has 1 atom stereocenters. The molecule has 2 rings (SSSR count). The van der Waals surface area contributed by atoms with Crippen molar-refractivity contribution in [1.82, 2.24) is 4.90 Å². The molecule has 1 fully saturated rings. The van der Waals surface area contributed by atoms with E-state index in [-0.39, 0.29) is 17.4 Å². The Morgan fingerprint density at radius 3 is 2.76 bits per heavy atom. The summed E-state index contributed by atoms with van der Waals surface area (Å²) in [7, 11) is 1.99. The first-order chi connectivity index (χ1) is 9.91. The highest BCUT2D eigenvalue weighted by molar-refractivity contribution is 5.44. The number of likely N-dealkylation sites (N-methyl/N-ethyl adjacent to an activating group) is 1. The molecule has 6 heteroatoms. The third-order valence-electron chi connectivity index (χ3n) is 3.78. The van der Waals surface area contributed by atoms with Gasteiger partial charge in [-0.25, -0.2) is 0 Å². The van der Waals surface area contributed by atoms with Crippen molar-refractivity contribution in [2.24, 2.45) is 0 Å². The molecule has 0 amide bonds. The molecule has 0 bridgehead atoms. The average molecular weight is 298 g/mol. The maximum absolute atomic E-state index is 12.9. The standard InChI is InChI=1S/C15H17F3N2O/c1-20-7-3-2-4-12(20)10-21-13-6-5-11(9-19)14(8-13)15(16,17)18/h5-6,8,12H,2-4,7,10H2,1H3. The van der Waals surface area contributed by atoms with Crippen LogP contribution in [-0.4, -0.2) is 31.1 Å². The van der Waals surface area contributed by atoms with Crippen LogP contribution in [0.4, 0.5) is 13.2 Å². The summed E-state index contributed by atoms with van der Waals surface area (Å²) in [6.45, 7) is 1.34.